The molecule has 4 aromatic heterocycles. The molecule has 0 radical (unpaired) electrons. The minimum Gasteiger partial charge on any atom is -0.356 e. The number of amidine groups is 1. The van der Waals surface area contributed by atoms with Crippen molar-refractivity contribution in [2.24, 2.45) is 5.10 Å². The molecule has 6 aromatic rings. The third-order valence-electron chi connectivity index (χ3n) is 8.56. The maximum atomic E-state index is 14.9. The Kier molecular flexibility index (Phi) is 7.55. The summed E-state index contributed by atoms with van der Waals surface area (Å²) < 4.78 is 3.49. The van der Waals surface area contributed by atoms with E-state index >= 15 is 0 Å². The van der Waals surface area contributed by atoms with E-state index in [0.29, 0.717) is 23.0 Å². The van der Waals surface area contributed by atoms with Crippen molar-refractivity contribution in [3.8, 4) is 11.1 Å². The number of quaternary nitrogens is 1. The number of nitrogens with one attached hydrogen (secondary N) is 2. The number of hydrogen-bond donors (Lipinski definition) is 2. The largest absolute Gasteiger partial charge is 0.381 e. The number of benzene rings is 2. The lowest BCUT2D eigenvalue weighted by molar-refractivity contribution is 0.0875. The van der Waals surface area contributed by atoms with Crippen LogP contribution in [0, 0.1) is 6.92 Å². The standard InChI is InChI=1S/C35H37N10O/c1-24-16-19-44-31(24)35(46)45(27-12-7-5-8-13-27,28-14-9-6-10-15-28)34(41-44)25(2)40-33-30-29(21-36-32(30)37-23-38-33)26-20-39-43(22-26)18-11-17-42(3)4/h5-10,12-16,19-23,25H,11,17-18H2,1-4H3,(H2,36,37,38,40)/q+1. The first-order valence-corrected chi connectivity index (χ1v) is 15.5. The van der Waals surface area contributed by atoms with Gasteiger partial charge in [0.1, 0.15) is 23.8 Å². The molecule has 0 spiro atoms. The van der Waals surface area contributed by atoms with E-state index in [1.54, 1.807) is 11.0 Å². The predicted octanol–water partition coefficient (Wildman–Crippen LogP) is 6.04. The first kappa shape index (κ1) is 29.3. The summed E-state index contributed by atoms with van der Waals surface area (Å²) >= 11 is 0. The number of para-hydroxylation sites is 2. The van der Waals surface area contributed by atoms with Crippen LogP contribution >= 0.6 is 0 Å². The van der Waals surface area contributed by atoms with Crippen LogP contribution in [-0.4, -0.2) is 72.7 Å². The van der Waals surface area contributed by atoms with Gasteiger partial charge in [-0.15, -0.1) is 9.58 Å². The fourth-order valence-electron chi connectivity index (χ4n) is 6.38. The van der Waals surface area contributed by atoms with Crippen molar-refractivity contribution in [2.45, 2.75) is 32.9 Å². The van der Waals surface area contributed by atoms with Gasteiger partial charge in [0, 0.05) is 60.5 Å². The SMILES string of the molecule is Cc1ccn2c1C(=O)[N+](c1ccccc1)(c1ccccc1)C(C(C)Nc1ncnc3[nH]cc(-c4cnn(CCCN(C)C)c4)c13)=N2. The normalized spacial score (nSPS) is 14.8. The van der Waals surface area contributed by atoms with Crippen LogP contribution in [0.1, 0.15) is 29.4 Å². The van der Waals surface area contributed by atoms with Gasteiger partial charge in [-0.3, -0.25) is 4.68 Å². The summed E-state index contributed by atoms with van der Waals surface area (Å²) in [5.41, 5.74) is 5.66. The van der Waals surface area contributed by atoms with E-state index in [1.807, 2.05) is 104 Å². The molecule has 11 nitrogen and oxygen atoms in total. The van der Waals surface area contributed by atoms with Crippen LogP contribution in [0.2, 0.25) is 0 Å². The lowest BCUT2D eigenvalue weighted by Crippen LogP contribution is -2.61. The molecule has 0 bridgehead atoms. The Bertz CT molecular complexity index is 2000. The molecule has 1 atom stereocenters. The molecule has 1 unspecified atom stereocenters. The van der Waals surface area contributed by atoms with Crippen LogP contribution < -0.4 is 9.80 Å². The van der Waals surface area contributed by atoms with E-state index < -0.39 is 6.04 Å². The molecule has 1 aliphatic heterocycles. The van der Waals surface area contributed by atoms with Crippen LogP contribution in [0.25, 0.3) is 22.2 Å². The van der Waals surface area contributed by atoms with Gasteiger partial charge >= 0.3 is 5.91 Å². The molecule has 232 valence electrons. The van der Waals surface area contributed by atoms with E-state index in [2.05, 4.69) is 45.6 Å². The van der Waals surface area contributed by atoms with E-state index in [1.165, 1.54) is 0 Å². The minimum atomic E-state index is -0.435. The number of anilines is 1. The molecule has 11 heteroatoms. The molecular weight excluding hydrogens is 576 g/mol. The molecular formula is C35H37N10O+. The van der Waals surface area contributed by atoms with Crippen molar-refractivity contribution < 1.29 is 4.79 Å². The highest BCUT2D eigenvalue weighted by Gasteiger charge is 2.54. The first-order valence-electron chi connectivity index (χ1n) is 15.5. The maximum Gasteiger partial charge on any atom is 0.381 e. The molecule has 2 N–H and O–H groups in total. The van der Waals surface area contributed by atoms with Gasteiger partial charge in [-0.05, 0) is 52.5 Å². The zero-order chi connectivity index (χ0) is 31.8. The number of aryl methyl sites for hydroxylation is 2. The van der Waals surface area contributed by atoms with Crippen molar-refractivity contribution in [3.63, 3.8) is 0 Å². The predicted molar refractivity (Wildman–Crippen MR) is 182 cm³/mol. The van der Waals surface area contributed by atoms with Gasteiger partial charge in [-0.25, -0.2) is 19.4 Å². The number of nitrogens with zero attached hydrogens (tertiary/aromatic N) is 8. The van der Waals surface area contributed by atoms with Crippen molar-refractivity contribution in [3.05, 3.63) is 109 Å². The van der Waals surface area contributed by atoms with Crippen LogP contribution in [0.3, 0.4) is 0 Å². The molecule has 7 rings (SSSR count). The Morgan fingerprint density at radius 1 is 1.00 bits per heavy atom. The summed E-state index contributed by atoms with van der Waals surface area (Å²) in [5.74, 6) is 1.18. The average molecular weight is 614 g/mol. The van der Waals surface area contributed by atoms with Gasteiger partial charge in [0.25, 0.3) is 5.84 Å². The highest BCUT2D eigenvalue weighted by Crippen LogP contribution is 2.42. The number of rotatable bonds is 10. The number of fused-ring (bicyclic) bond motifs is 2. The average Bonchev–Trinajstić information content (AvgIpc) is 3.81. The number of aromatic nitrogens is 6. The summed E-state index contributed by atoms with van der Waals surface area (Å²) in [5, 5.41) is 14.3. The number of amides is 1. The first-order chi connectivity index (χ1) is 22.4. The molecule has 1 aliphatic rings. The summed E-state index contributed by atoms with van der Waals surface area (Å²) in [7, 11) is 4.15. The van der Waals surface area contributed by atoms with E-state index in [0.717, 1.165) is 53.0 Å². The van der Waals surface area contributed by atoms with Gasteiger partial charge < -0.3 is 15.2 Å². The Hall–Kier alpha value is -5.39. The highest BCUT2D eigenvalue weighted by molar-refractivity contribution is 6.24. The summed E-state index contributed by atoms with van der Waals surface area (Å²) in [4.78, 5) is 29.6. The molecule has 46 heavy (non-hydrogen) atoms. The van der Waals surface area contributed by atoms with Gasteiger partial charge in [-0.1, -0.05) is 36.4 Å². The van der Waals surface area contributed by atoms with E-state index in [4.69, 9.17) is 10.1 Å². The summed E-state index contributed by atoms with van der Waals surface area (Å²) in [6.45, 7) is 5.79. The fourth-order valence-corrected chi connectivity index (χ4v) is 6.38. The van der Waals surface area contributed by atoms with Crippen LogP contribution in [0.15, 0.2) is 103 Å². The van der Waals surface area contributed by atoms with Crippen LogP contribution in [0.5, 0.6) is 0 Å². The third kappa shape index (κ3) is 4.90. The number of carbonyl (C=O) groups is 1. The summed E-state index contributed by atoms with van der Waals surface area (Å²) in [6.07, 6.45) is 10.3. The zero-order valence-electron chi connectivity index (χ0n) is 26.4. The minimum absolute atomic E-state index is 0.0737. The second-order valence-corrected chi connectivity index (χ2v) is 12.0. The topological polar surface area (TPSA) is 109 Å². The zero-order valence-corrected chi connectivity index (χ0v) is 26.4. The Morgan fingerprint density at radius 2 is 1.72 bits per heavy atom. The van der Waals surface area contributed by atoms with Gasteiger partial charge in [0.2, 0.25) is 0 Å². The van der Waals surface area contributed by atoms with Gasteiger partial charge in [0.05, 0.1) is 11.6 Å². The molecule has 0 fully saturated rings. The van der Waals surface area contributed by atoms with Crippen LogP contribution in [-0.2, 0) is 6.54 Å². The molecule has 5 heterocycles. The number of aromatic amines is 1. The number of carbonyl (C=O) groups excluding carboxylic acids is 1. The van der Waals surface area contributed by atoms with Crippen molar-refractivity contribution in [1.82, 2.24) is 38.8 Å². The molecule has 1 amide bonds. The van der Waals surface area contributed by atoms with Gasteiger partial charge in [0.15, 0.2) is 17.1 Å². The van der Waals surface area contributed by atoms with E-state index in [-0.39, 0.29) is 10.4 Å². The monoisotopic (exact) mass is 613 g/mol. The Labute approximate surface area is 267 Å². The molecule has 0 saturated heterocycles. The number of H-pyrrole nitrogens is 1. The smallest absolute Gasteiger partial charge is 0.356 e. The number of hydrogen-bond acceptors (Lipinski definition) is 7. The van der Waals surface area contributed by atoms with Crippen molar-refractivity contribution >= 4 is 40.0 Å². The fraction of sp³-hybridized carbons (Fsp3) is 0.229. The molecule has 0 aliphatic carbocycles. The molecule has 2 aromatic carbocycles. The molecule has 0 saturated carbocycles. The third-order valence-corrected chi connectivity index (χ3v) is 8.56. The lowest BCUT2D eigenvalue weighted by Gasteiger charge is -2.39. The van der Waals surface area contributed by atoms with Crippen molar-refractivity contribution in [1.29, 1.82) is 0 Å². The van der Waals surface area contributed by atoms with Crippen LogP contribution in [0.4, 0.5) is 17.2 Å². The van der Waals surface area contributed by atoms with Crippen molar-refractivity contribution in [2.75, 3.05) is 26.0 Å². The quantitative estimate of drug-likeness (QED) is 0.183. The second kappa shape index (κ2) is 11.8. The lowest BCUT2D eigenvalue weighted by atomic mass is 10.0. The Balaban J connectivity index is 1.33. The highest BCUT2D eigenvalue weighted by atomic mass is 16.2. The Morgan fingerprint density at radius 3 is 2.41 bits per heavy atom. The second-order valence-electron chi connectivity index (χ2n) is 12.0. The summed E-state index contributed by atoms with van der Waals surface area (Å²) in [6, 6.07) is 21.2. The van der Waals surface area contributed by atoms with E-state index in [9.17, 15) is 4.79 Å². The maximum absolute atomic E-state index is 14.9. The van der Waals surface area contributed by atoms with Gasteiger partial charge in [-0.2, -0.15) is 5.10 Å².